The Morgan fingerprint density at radius 2 is 1.81 bits per heavy atom. The Labute approximate surface area is 174 Å². The molecule has 0 fully saturated rings. The molecule has 4 N–H and O–H groups in total. The topological polar surface area (TPSA) is 98.3 Å². The number of benzene rings is 2. The highest BCUT2D eigenvalue weighted by Gasteiger charge is 2.07. The van der Waals surface area contributed by atoms with E-state index in [-0.39, 0.29) is 48.9 Å². The lowest BCUT2D eigenvalue weighted by molar-refractivity contribution is 0.114. The number of hydrogen-bond acceptors (Lipinski definition) is 5. The summed E-state index contributed by atoms with van der Waals surface area (Å²) in [4.78, 5) is 4.07. The van der Waals surface area contributed by atoms with E-state index in [2.05, 4.69) is 10.3 Å². The second-order valence-electron chi connectivity index (χ2n) is 5.34. The Kier molecular flexibility index (Phi) is 9.65. The van der Waals surface area contributed by atoms with Crippen molar-refractivity contribution in [2.24, 2.45) is 10.7 Å². The van der Waals surface area contributed by atoms with E-state index < -0.39 is 6.10 Å². The molecule has 0 bridgehead atoms. The number of guanidine groups is 1. The van der Waals surface area contributed by atoms with Crippen molar-refractivity contribution in [3.63, 3.8) is 0 Å². The van der Waals surface area contributed by atoms with Gasteiger partial charge >= 0.3 is 0 Å². The molecule has 1 atom stereocenters. The molecule has 0 spiro atoms. The van der Waals surface area contributed by atoms with Gasteiger partial charge in [0, 0.05) is 11.8 Å². The SMILES string of the molecule is COc1ccc(NC(N)=NCC(O)COc2ccc(F)cc2)cc1OC.I. The summed E-state index contributed by atoms with van der Waals surface area (Å²) in [5, 5.41) is 12.8. The molecule has 0 aliphatic rings. The lowest BCUT2D eigenvalue weighted by Crippen LogP contribution is -2.27. The normalized spacial score (nSPS) is 11.9. The van der Waals surface area contributed by atoms with Gasteiger partial charge in [-0.25, -0.2) is 4.39 Å². The van der Waals surface area contributed by atoms with Gasteiger partial charge in [0.05, 0.1) is 20.8 Å². The summed E-state index contributed by atoms with van der Waals surface area (Å²) in [5.74, 6) is 1.40. The van der Waals surface area contributed by atoms with E-state index >= 15 is 0 Å². The van der Waals surface area contributed by atoms with Gasteiger partial charge < -0.3 is 30.4 Å². The van der Waals surface area contributed by atoms with Gasteiger partial charge in [0.15, 0.2) is 17.5 Å². The van der Waals surface area contributed by atoms with E-state index in [4.69, 9.17) is 19.9 Å². The Balaban J connectivity index is 0.00000364. The zero-order chi connectivity index (χ0) is 18.9. The van der Waals surface area contributed by atoms with Crippen molar-refractivity contribution in [3.8, 4) is 17.2 Å². The van der Waals surface area contributed by atoms with Crippen molar-refractivity contribution in [2.45, 2.75) is 6.10 Å². The second-order valence-corrected chi connectivity index (χ2v) is 5.34. The van der Waals surface area contributed by atoms with Crippen molar-refractivity contribution in [1.29, 1.82) is 0 Å². The molecule has 0 amide bonds. The summed E-state index contributed by atoms with van der Waals surface area (Å²) in [6, 6.07) is 10.7. The largest absolute Gasteiger partial charge is 0.493 e. The number of nitrogens with two attached hydrogens (primary N) is 1. The molecule has 0 aliphatic heterocycles. The first kappa shape index (κ1) is 22.8. The first-order valence-electron chi connectivity index (χ1n) is 7.87. The summed E-state index contributed by atoms with van der Waals surface area (Å²) < 4.78 is 28.5. The average molecular weight is 491 g/mol. The number of ether oxygens (including phenoxy) is 3. The molecule has 1 unspecified atom stereocenters. The van der Waals surface area contributed by atoms with Crippen LogP contribution in [0.1, 0.15) is 0 Å². The number of aliphatic hydroxyl groups excluding tert-OH is 1. The number of halogens is 2. The third-order valence-corrected chi connectivity index (χ3v) is 3.38. The second kappa shape index (κ2) is 11.4. The van der Waals surface area contributed by atoms with Crippen LogP contribution in [0.15, 0.2) is 47.5 Å². The standard InChI is InChI=1S/C18H22FN3O4.HI/c1-24-16-8-5-13(9-17(16)25-2)22-18(20)21-10-14(23)11-26-15-6-3-12(19)4-7-15;/h3-9,14,23H,10-11H2,1-2H3,(H3,20,21,22);1H. The molecule has 2 rings (SSSR count). The Morgan fingerprint density at radius 3 is 2.44 bits per heavy atom. The van der Waals surface area contributed by atoms with Crippen LogP contribution in [-0.4, -0.2) is 44.5 Å². The summed E-state index contributed by atoms with van der Waals surface area (Å²) in [6.45, 7) is 0.0616. The van der Waals surface area contributed by atoms with E-state index in [9.17, 15) is 9.50 Å². The summed E-state index contributed by atoms with van der Waals surface area (Å²) in [7, 11) is 3.09. The number of aliphatic imine (C=N–C) groups is 1. The number of nitrogens with one attached hydrogen (secondary N) is 1. The van der Waals surface area contributed by atoms with Gasteiger partial charge in [0.1, 0.15) is 24.3 Å². The van der Waals surface area contributed by atoms with Crippen LogP contribution in [0.5, 0.6) is 17.2 Å². The van der Waals surface area contributed by atoms with Crippen LogP contribution in [0.3, 0.4) is 0 Å². The van der Waals surface area contributed by atoms with E-state index in [0.717, 1.165) is 0 Å². The molecule has 0 aliphatic carbocycles. The van der Waals surface area contributed by atoms with Crippen LogP contribution in [0.2, 0.25) is 0 Å². The average Bonchev–Trinajstić information content (AvgIpc) is 2.65. The minimum absolute atomic E-state index is 0. The predicted octanol–water partition coefficient (Wildman–Crippen LogP) is 2.63. The van der Waals surface area contributed by atoms with Crippen molar-refractivity contribution >= 4 is 35.6 Å². The van der Waals surface area contributed by atoms with Gasteiger partial charge in [-0.1, -0.05) is 0 Å². The van der Waals surface area contributed by atoms with Crippen LogP contribution >= 0.6 is 24.0 Å². The molecule has 2 aromatic rings. The maximum atomic E-state index is 12.8. The van der Waals surface area contributed by atoms with Gasteiger partial charge in [0.25, 0.3) is 0 Å². The highest BCUT2D eigenvalue weighted by atomic mass is 127. The van der Waals surface area contributed by atoms with Crippen LogP contribution in [0, 0.1) is 5.82 Å². The zero-order valence-corrected chi connectivity index (χ0v) is 17.3. The van der Waals surface area contributed by atoms with Crippen molar-refractivity contribution in [2.75, 3.05) is 32.7 Å². The van der Waals surface area contributed by atoms with Crippen LogP contribution < -0.4 is 25.3 Å². The van der Waals surface area contributed by atoms with E-state index in [0.29, 0.717) is 22.9 Å². The molecule has 0 aromatic heterocycles. The first-order chi connectivity index (χ1) is 12.5. The molecule has 0 saturated heterocycles. The van der Waals surface area contributed by atoms with E-state index in [1.54, 1.807) is 25.3 Å². The molecule has 148 valence electrons. The number of aliphatic hydroxyl groups is 1. The molecule has 7 nitrogen and oxygen atoms in total. The molecular formula is C18H23FIN3O4. The molecule has 0 saturated carbocycles. The fourth-order valence-corrected chi connectivity index (χ4v) is 2.08. The van der Waals surface area contributed by atoms with Crippen molar-refractivity contribution in [1.82, 2.24) is 0 Å². The molecule has 0 radical (unpaired) electrons. The number of rotatable bonds is 8. The number of anilines is 1. The van der Waals surface area contributed by atoms with Gasteiger partial charge in [0.2, 0.25) is 0 Å². The quantitative estimate of drug-likeness (QED) is 0.299. The molecule has 27 heavy (non-hydrogen) atoms. The fraction of sp³-hybridized carbons (Fsp3) is 0.278. The maximum Gasteiger partial charge on any atom is 0.193 e. The minimum Gasteiger partial charge on any atom is -0.493 e. The monoisotopic (exact) mass is 491 g/mol. The first-order valence-corrected chi connectivity index (χ1v) is 7.87. The maximum absolute atomic E-state index is 12.8. The van der Waals surface area contributed by atoms with Crippen LogP contribution in [0.25, 0.3) is 0 Å². The van der Waals surface area contributed by atoms with Gasteiger partial charge in [-0.05, 0) is 36.4 Å². The molecule has 9 heteroatoms. The Morgan fingerprint density at radius 1 is 1.15 bits per heavy atom. The zero-order valence-electron chi connectivity index (χ0n) is 15.0. The smallest absolute Gasteiger partial charge is 0.193 e. The third kappa shape index (κ3) is 7.47. The number of hydrogen-bond donors (Lipinski definition) is 3. The van der Waals surface area contributed by atoms with Crippen molar-refractivity contribution in [3.05, 3.63) is 48.3 Å². The van der Waals surface area contributed by atoms with Crippen LogP contribution in [0.4, 0.5) is 10.1 Å². The third-order valence-electron chi connectivity index (χ3n) is 3.38. The van der Waals surface area contributed by atoms with Gasteiger partial charge in [-0.3, -0.25) is 4.99 Å². The number of methoxy groups -OCH3 is 2. The minimum atomic E-state index is -0.856. The van der Waals surface area contributed by atoms with E-state index in [1.807, 2.05) is 0 Å². The van der Waals surface area contributed by atoms with Gasteiger partial charge in [-0.2, -0.15) is 0 Å². The summed E-state index contributed by atoms with van der Waals surface area (Å²) in [6.07, 6.45) is -0.856. The highest BCUT2D eigenvalue weighted by molar-refractivity contribution is 14.0. The van der Waals surface area contributed by atoms with Crippen molar-refractivity contribution < 1.29 is 23.7 Å². The Hall–Kier alpha value is -2.27. The molecular weight excluding hydrogens is 468 g/mol. The Bertz CT molecular complexity index is 744. The van der Waals surface area contributed by atoms with E-state index in [1.165, 1.54) is 31.4 Å². The van der Waals surface area contributed by atoms with Crippen LogP contribution in [-0.2, 0) is 0 Å². The lowest BCUT2D eigenvalue weighted by atomic mass is 10.3. The lowest BCUT2D eigenvalue weighted by Gasteiger charge is -2.12. The summed E-state index contributed by atoms with van der Waals surface area (Å²) in [5.41, 5.74) is 6.48. The number of nitrogens with zero attached hydrogens (tertiary/aromatic N) is 1. The molecule has 0 heterocycles. The highest BCUT2D eigenvalue weighted by Crippen LogP contribution is 2.29. The summed E-state index contributed by atoms with van der Waals surface area (Å²) >= 11 is 0. The fourth-order valence-electron chi connectivity index (χ4n) is 2.08. The predicted molar refractivity (Wildman–Crippen MR) is 113 cm³/mol. The van der Waals surface area contributed by atoms with Gasteiger partial charge in [-0.15, -0.1) is 24.0 Å². The molecule has 2 aromatic carbocycles.